The fraction of sp³-hybridized carbons (Fsp3) is 0.800. The van der Waals surface area contributed by atoms with Crippen LogP contribution in [-0.2, 0) is 19.4 Å². The molecule has 146 valence electrons. The highest BCUT2D eigenvalue weighted by molar-refractivity contribution is 5.94. The van der Waals surface area contributed by atoms with Crippen LogP contribution in [-0.4, -0.2) is 71.3 Å². The lowest BCUT2D eigenvalue weighted by atomic mass is 9.90. The van der Waals surface area contributed by atoms with E-state index in [2.05, 4.69) is 42.7 Å². The van der Waals surface area contributed by atoms with E-state index >= 15 is 0 Å². The highest BCUT2D eigenvalue weighted by atomic mass is 16.2. The number of aryl methyl sites for hydroxylation is 1. The highest BCUT2D eigenvalue weighted by Gasteiger charge is 2.31. The second kappa shape index (κ2) is 8.53. The third-order valence-electron chi connectivity index (χ3n) is 5.67. The molecule has 0 unspecified atom stereocenters. The molecule has 1 atom stereocenters. The molecule has 0 spiro atoms. The number of likely N-dealkylation sites (N-methyl/N-ethyl adjacent to an activating group) is 1. The van der Waals surface area contributed by atoms with Crippen LogP contribution in [0.1, 0.15) is 55.4 Å². The summed E-state index contributed by atoms with van der Waals surface area (Å²) in [5.74, 6) is 0.776. The molecule has 26 heavy (non-hydrogen) atoms. The van der Waals surface area contributed by atoms with Crippen LogP contribution in [0.2, 0.25) is 0 Å². The second-order valence-electron chi connectivity index (χ2n) is 8.28. The zero-order chi connectivity index (χ0) is 18.7. The average Bonchev–Trinajstić information content (AvgIpc) is 2.85. The van der Waals surface area contributed by atoms with Gasteiger partial charge in [0.1, 0.15) is 0 Å². The first-order chi connectivity index (χ1) is 12.5. The van der Waals surface area contributed by atoms with E-state index in [1.165, 1.54) is 11.3 Å². The van der Waals surface area contributed by atoms with Crippen molar-refractivity contribution < 1.29 is 4.79 Å². The fourth-order valence-corrected chi connectivity index (χ4v) is 4.10. The highest BCUT2D eigenvalue weighted by Crippen LogP contribution is 2.26. The van der Waals surface area contributed by atoms with Crippen molar-refractivity contribution in [2.75, 3.05) is 39.8 Å². The van der Waals surface area contributed by atoms with E-state index < -0.39 is 0 Å². The number of nitrogens with zero attached hydrogens (tertiary/aromatic N) is 4. The van der Waals surface area contributed by atoms with E-state index in [1.807, 2.05) is 4.90 Å². The molecule has 0 bridgehead atoms. The molecule has 0 radical (unpaired) electrons. The van der Waals surface area contributed by atoms with E-state index in [9.17, 15) is 4.79 Å². The molecule has 1 amide bonds. The van der Waals surface area contributed by atoms with E-state index in [0.717, 1.165) is 65.0 Å². The topological polar surface area (TPSA) is 53.4 Å². The Hall–Kier alpha value is -1.40. The van der Waals surface area contributed by atoms with Crippen LogP contribution in [0.15, 0.2) is 0 Å². The van der Waals surface area contributed by atoms with Crippen molar-refractivity contribution >= 4 is 5.91 Å². The van der Waals surface area contributed by atoms with Crippen molar-refractivity contribution in [1.29, 1.82) is 0 Å². The van der Waals surface area contributed by atoms with Crippen molar-refractivity contribution in [3.63, 3.8) is 0 Å². The number of rotatable bonds is 5. The van der Waals surface area contributed by atoms with Crippen LogP contribution in [0.25, 0.3) is 0 Å². The number of fused-ring (bicyclic) bond motifs is 1. The predicted molar refractivity (Wildman–Crippen MR) is 105 cm³/mol. The van der Waals surface area contributed by atoms with Crippen LogP contribution in [0, 0.1) is 5.92 Å². The molecule has 1 N–H and O–H groups in total. The summed E-state index contributed by atoms with van der Waals surface area (Å²) in [6, 6.07) is 0.459. The monoisotopic (exact) mass is 361 g/mol. The van der Waals surface area contributed by atoms with Crippen molar-refractivity contribution in [2.24, 2.45) is 5.92 Å². The summed E-state index contributed by atoms with van der Waals surface area (Å²) >= 11 is 0. The van der Waals surface area contributed by atoms with Gasteiger partial charge in [-0.2, -0.15) is 5.10 Å². The molecule has 1 aliphatic carbocycles. The van der Waals surface area contributed by atoms with E-state index in [1.54, 1.807) is 0 Å². The molecule has 1 aromatic rings. The molecule has 1 saturated heterocycles. The Kier molecular flexibility index (Phi) is 6.35. The summed E-state index contributed by atoms with van der Waals surface area (Å²) in [7, 11) is 2.13. The SMILES string of the molecule is CCn1nc(C(=O)N2CCCN(C)CC2)c2c1CC[C@H](NCC(C)C)C2. The number of aromatic nitrogens is 2. The Labute approximate surface area is 157 Å². The van der Waals surface area contributed by atoms with Crippen LogP contribution in [0.4, 0.5) is 0 Å². The van der Waals surface area contributed by atoms with Crippen LogP contribution < -0.4 is 5.32 Å². The minimum Gasteiger partial charge on any atom is -0.336 e. The molecule has 0 aromatic carbocycles. The first kappa shape index (κ1) is 19.4. The van der Waals surface area contributed by atoms with Gasteiger partial charge in [0.25, 0.3) is 5.91 Å². The first-order valence-electron chi connectivity index (χ1n) is 10.3. The molecule has 2 heterocycles. The normalized spacial score (nSPS) is 21.7. The van der Waals surface area contributed by atoms with Gasteiger partial charge in [-0.05, 0) is 58.7 Å². The number of nitrogens with one attached hydrogen (secondary N) is 1. The summed E-state index contributed by atoms with van der Waals surface area (Å²) in [6.07, 6.45) is 4.11. The third kappa shape index (κ3) is 4.29. The minimum absolute atomic E-state index is 0.133. The molecule has 1 aromatic heterocycles. The molecule has 1 fully saturated rings. The number of amides is 1. The maximum absolute atomic E-state index is 13.2. The van der Waals surface area contributed by atoms with Crippen molar-refractivity contribution in [3.05, 3.63) is 17.0 Å². The quantitative estimate of drug-likeness (QED) is 0.869. The Bertz CT molecular complexity index is 624. The zero-order valence-corrected chi connectivity index (χ0v) is 16.9. The lowest BCUT2D eigenvalue weighted by molar-refractivity contribution is 0.0754. The van der Waals surface area contributed by atoms with Gasteiger partial charge in [0.05, 0.1) is 0 Å². The Morgan fingerprint density at radius 2 is 2.08 bits per heavy atom. The lowest BCUT2D eigenvalue weighted by Crippen LogP contribution is -2.38. The van der Waals surface area contributed by atoms with Crippen LogP contribution in [0.5, 0.6) is 0 Å². The summed E-state index contributed by atoms with van der Waals surface area (Å²) in [6.45, 7) is 12.1. The second-order valence-corrected chi connectivity index (χ2v) is 8.28. The summed E-state index contributed by atoms with van der Waals surface area (Å²) in [5, 5.41) is 8.43. The van der Waals surface area contributed by atoms with E-state index in [0.29, 0.717) is 17.7 Å². The van der Waals surface area contributed by atoms with Gasteiger partial charge in [-0.1, -0.05) is 13.8 Å². The molecular formula is C20H35N5O. The van der Waals surface area contributed by atoms with Gasteiger partial charge in [-0.15, -0.1) is 0 Å². The van der Waals surface area contributed by atoms with Crippen LogP contribution in [0.3, 0.4) is 0 Å². The summed E-state index contributed by atoms with van der Waals surface area (Å²) < 4.78 is 2.06. The van der Waals surface area contributed by atoms with Crippen LogP contribution >= 0.6 is 0 Å². The number of hydrogen-bond donors (Lipinski definition) is 1. The summed E-state index contributed by atoms with van der Waals surface area (Å²) in [4.78, 5) is 17.6. The smallest absolute Gasteiger partial charge is 0.274 e. The summed E-state index contributed by atoms with van der Waals surface area (Å²) in [5.41, 5.74) is 3.19. The van der Waals surface area contributed by atoms with Gasteiger partial charge in [0, 0.05) is 43.5 Å². The van der Waals surface area contributed by atoms with Gasteiger partial charge in [-0.3, -0.25) is 9.48 Å². The van der Waals surface area contributed by atoms with Gasteiger partial charge in [-0.25, -0.2) is 0 Å². The van der Waals surface area contributed by atoms with E-state index in [-0.39, 0.29) is 5.91 Å². The molecule has 6 nitrogen and oxygen atoms in total. The van der Waals surface area contributed by atoms with Crippen molar-refractivity contribution in [1.82, 2.24) is 24.9 Å². The Balaban J connectivity index is 1.79. The van der Waals surface area contributed by atoms with Crippen molar-refractivity contribution in [3.8, 4) is 0 Å². The molecule has 0 saturated carbocycles. The van der Waals surface area contributed by atoms with Gasteiger partial charge in [0.2, 0.25) is 0 Å². The third-order valence-corrected chi connectivity index (χ3v) is 5.67. The predicted octanol–water partition coefficient (Wildman–Crippen LogP) is 1.78. The van der Waals surface area contributed by atoms with Crippen molar-refractivity contribution in [2.45, 2.75) is 59.0 Å². The largest absolute Gasteiger partial charge is 0.336 e. The lowest BCUT2D eigenvalue weighted by Gasteiger charge is -2.26. The van der Waals surface area contributed by atoms with Gasteiger partial charge < -0.3 is 15.1 Å². The fourth-order valence-electron chi connectivity index (χ4n) is 4.10. The Morgan fingerprint density at radius 3 is 2.81 bits per heavy atom. The maximum atomic E-state index is 13.2. The van der Waals surface area contributed by atoms with E-state index in [4.69, 9.17) is 5.10 Å². The first-order valence-corrected chi connectivity index (χ1v) is 10.3. The molecule has 1 aliphatic heterocycles. The minimum atomic E-state index is 0.133. The molecular weight excluding hydrogens is 326 g/mol. The molecule has 2 aliphatic rings. The Morgan fingerprint density at radius 1 is 1.27 bits per heavy atom. The standard InChI is InChI=1S/C20H35N5O/c1-5-25-18-8-7-16(21-14-15(2)3)13-17(18)19(22-25)20(26)24-10-6-9-23(4)11-12-24/h15-16,21H,5-14H2,1-4H3/t16-/m0/s1. The number of carbonyl (C=O) groups excluding carboxylic acids is 1. The van der Waals surface area contributed by atoms with Gasteiger partial charge in [0.15, 0.2) is 5.69 Å². The van der Waals surface area contributed by atoms with Gasteiger partial charge >= 0.3 is 0 Å². The maximum Gasteiger partial charge on any atom is 0.274 e. The number of hydrogen-bond acceptors (Lipinski definition) is 4. The zero-order valence-electron chi connectivity index (χ0n) is 16.9. The molecule has 3 rings (SSSR count). The molecule has 6 heteroatoms. The average molecular weight is 362 g/mol. The number of carbonyl (C=O) groups is 1.